The van der Waals surface area contributed by atoms with Crippen molar-refractivity contribution in [3.05, 3.63) is 29.8 Å². The second kappa shape index (κ2) is 5.70. The average molecular weight is 270 g/mol. The molecule has 1 aliphatic carbocycles. The summed E-state index contributed by atoms with van der Waals surface area (Å²) in [5, 5.41) is 11.4. The number of aromatic hydroxyl groups is 1. The Balaban J connectivity index is 1.92. The first kappa shape index (κ1) is 13.2. The predicted octanol–water partition coefficient (Wildman–Crippen LogP) is 4.03. The van der Waals surface area contributed by atoms with Crippen LogP contribution in [0, 0.1) is 0 Å². The van der Waals surface area contributed by atoms with E-state index in [1.54, 1.807) is 0 Å². The average Bonchev–Trinajstić information content (AvgIpc) is 2.68. The molecule has 1 fully saturated rings. The van der Waals surface area contributed by atoms with Gasteiger partial charge in [0.2, 0.25) is 5.88 Å². The van der Waals surface area contributed by atoms with Crippen LogP contribution in [-0.2, 0) is 7.05 Å². The molecule has 1 N–H and O–H groups in total. The molecule has 0 radical (unpaired) electrons. The van der Waals surface area contributed by atoms with Crippen LogP contribution in [0.2, 0.25) is 0 Å². The van der Waals surface area contributed by atoms with E-state index < -0.39 is 0 Å². The number of fused-ring (bicyclic) bond motifs is 1. The molecular formula is C17H22N2O. The lowest BCUT2D eigenvalue weighted by Gasteiger charge is -2.07. The number of para-hydroxylation sites is 1. The summed E-state index contributed by atoms with van der Waals surface area (Å²) in [6.45, 7) is 0. The number of aryl methyl sites for hydroxylation is 1. The van der Waals surface area contributed by atoms with E-state index in [0.29, 0.717) is 11.9 Å². The van der Waals surface area contributed by atoms with Crippen molar-refractivity contribution in [3.63, 3.8) is 0 Å². The van der Waals surface area contributed by atoms with Crippen molar-refractivity contribution in [3.8, 4) is 5.88 Å². The number of rotatable bonds is 2. The highest BCUT2D eigenvalue weighted by Gasteiger charge is 2.14. The van der Waals surface area contributed by atoms with Crippen molar-refractivity contribution < 1.29 is 5.11 Å². The Kier molecular flexibility index (Phi) is 3.77. The maximum Gasteiger partial charge on any atom is 0.200 e. The van der Waals surface area contributed by atoms with Crippen LogP contribution in [0.3, 0.4) is 0 Å². The molecule has 106 valence electrons. The lowest BCUT2D eigenvalue weighted by Crippen LogP contribution is -2.02. The molecule has 0 atom stereocenters. The summed E-state index contributed by atoms with van der Waals surface area (Å²) in [6, 6.07) is 8.50. The molecule has 0 saturated heterocycles. The lowest BCUT2D eigenvalue weighted by molar-refractivity contribution is 0.434. The first-order valence-electron chi connectivity index (χ1n) is 7.57. The number of benzene rings is 1. The minimum atomic E-state index is 0.309. The van der Waals surface area contributed by atoms with E-state index >= 15 is 0 Å². The number of nitrogens with zero attached hydrogens (tertiary/aromatic N) is 2. The summed E-state index contributed by atoms with van der Waals surface area (Å²) in [4.78, 5) is 4.74. The van der Waals surface area contributed by atoms with Crippen LogP contribution < -0.4 is 0 Å². The van der Waals surface area contributed by atoms with Crippen molar-refractivity contribution in [2.75, 3.05) is 0 Å². The molecule has 1 saturated carbocycles. The van der Waals surface area contributed by atoms with Crippen molar-refractivity contribution in [2.45, 2.75) is 44.6 Å². The van der Waals surface area contributed by atoms with Gasteiger partial charge in [-0.3, -0.25) is 4.99 Å². The van der Waals surface area contributed by atoms with Crippen molar-refractivity contribution in [1.29, 1.82) is 0 Å². The van der Waals surface area contributed by atoms with Gasteiger partial charge in [-0.2, -0.15) is 0 Å². The SMILES string of the molecule is Cn1c(O)c(C=NC2CCCCCC2)c2ccccc21. The number of hydrogen-bond donors (Lipinski definition) is 1. The molecule has 3 rings (SSSR count). The van der Waals surface area contributed by atoms with Gasteiger partial charge in [-0.1, -0.05) is 43.9 Å². The third kappa shape index (κ3) is 2.45. The molecule has 3 nitrogen and oxygen atoms in total. The van der Waals surface area contributed by atoms with Crippen LogP contribution in [0.25, 0.3) is 10.9 Å². The van der Waals surface area contributed by atoms with Gasteiger partial charge < -0.3 is 9.67 Å². The van der Waals surface area contributed by atoms with Gasteiger partial charge in [-0.05, 0) is 18.9 Å². The van der Waals surface area contributed by atoms with Crippen LogP contribution in [0.4, 0.5) is 0 Å². The van der Waals surface area contributed by atoms with Gasteiger partial charge in [0.15, 0.2) is 0 Å². The van der Waals surface area contributed by atoms with E-state index in [0.717, 1.165) is 16.5 Å². The highest BCUT2D eigenvalue weighted by atomic mass is 16.3. The molecular weight excluding hydrogens is 248 g/mol. The summed E-state index contributed by atoms with van der Waals surface area (Å²) >= 11 is 0. The maximum absolute atomic E-state index is 10.3. The normalized spacial score (nSPS) is 17.9. The molecule has 1 aromatic carbocycles. The van der Waals surface area contributed by atoms with Gasteiger partial charge in [0.1, 0.15) is 0 Å². The smallest absolute Gasteiger partial charge is 0.200 e. The molecule has 0 unspecified atom stereocenters. The molecule has 0 amide bonds. The molecule has 20 heavy (non-hydrogen) atoms. The van der Waals surface area contributed by atoms with E-state index in [2.05, 4.69) is 0 Å². The third-order valence-electron chi connectivity index (χ3n) is 4.35. The Morgan fingerprint density at radius 1 is 1.15 bits per heavy atom. The first-order chi connectivity index (χ1) is 9.77. The summed E-state index contributed by atoms with van der Waals surface area (Å²) in [6.07, 6.45) is 9.49. The number of aliphatic imine (C=N–C) groups is 1. The van der Waals surface area contributed by atoms with E-state index in [-0.39, 0.29) is 0 Å². The largest absolute Gasteiger partial charge is 0.494 e. The first-order valence-corrected chi connectivity index (χ1v) is 7.57. The summed E-state index contributed by atoms with van der Waals surface area (Å²) in [5.41, 5.74) is 1.90. The predicted molar refractivity (Wildman–Crippen MR) is 83.7 cm³/mol. The second-order valence-electron chi connectivity index (χ2n) is 5.74. The van der Waals surface area contributed by atoms with E-state index in [1.807, 2.05) is 42.1 Å². The van der Waals surface area contributed by atoms with E-state index in [9.17, 15) is 5.11 Å². The highest BCUT2D eigenvalue weighted by molar-refractivity contribution is 6.02. The molecule has 0 aliphatic heterocycles. The van der Waals surface area contributed by atoms with Gasteiger partial charge in [0.25, 0.3) is 0 Å². The van der Waals surface area contributed by atoms with Gasteiger partial charge in [0.05, 0.1) is 11.1 Å². The van der Waals surface area contributed by atoms with Crippen molar-refractivity contribution in [1.82, 2.24) is 4.57 Å². The summed E-state index contributed by atoms with van der Waals surface area (Å²) in [5.74, 6) is 0.309. The molecule has 1 aromatic heterocycles. The van der Waals surface area contributed by atoms with Gasteiger partial charge in [0, 0.05) is 24.7 Å². The summed E-state index contributed by atoms with van der Waals surface area (Å²) in [7, 11) is 1.89. The molecule has 1 aliphatic rings. The van der Waals surface area contributed by atoms with Crippen LogP contribution in [0.5, 0.6) is 5.88 Å². The minimum Gasteiger partial charge on any atom is -0.494 e. The topological polar surface area (TPSA) is 37.5 Å². The highest BCUT2D eigenvalue weighted by Crippen LogP contribution is 2.29. The lowest BCUT2D eigenvalue weighted by atomic mass is 10.1. The fraction of sp³-hybridized carbons (Fsp3) is 0.471. The Morgan fingerprint density at radius 2 is 1.85 bits per heavy atom. The molecule has 1 heterocycles. The number of aromatic nitrogens is 1. The Labute approximate surface area is 120 Å². The van der Waals surface area contributed by atoms with E-state index in [4.69, 9.17) is 4.99 Å². The fourth-order valence-corrected chi connectivity index (χ4v) is 3.12. The second-order valence-corrected chi connectivity index (χ2v) is 5.74. The Hall–Kier alpha value is -1.77. The van der Waals surface area contributed by atoms with E-state index in [1.165, 1.54) is 38.5 Å². The van der Waals surface area contributed by atoms with Crippen molar-refractivity contribution in [2.24, 2.45) is 12.0 Å². The Morgan fingerprint density at radius 3 is 2.60 bits per heavy atom. The minimum absolute atomic E-state index is 0.309. The fourth-order valence-electron chi connectivity index (χ4n) is 3.12. The monoisotopic (exact) mass is 270 g/mol. The standard InChI is InChI=1S/C17H22N2O/c1-19-16-11-7-6-10-14(16)15(17(19)20)12-18-13-8-4-2-3-5-9-13/h6-7,10-13,20H,2-5,8-9H2,1H3. The molecule has 3 heteroatoms. The zero-order chi connectivity index (χ0) is 13.9. The Bertz CT molecular complexity index is 619. The van der Waals surface area contributed by atoms with Gasteiger partial charge in [-0.15, -0.1) is 0 Å². The number of hydrogen-bond acceptors (Lipinski definition) is 2. The van der Waals surface area contributed by atoms with Gasteiger partial charge in [-0.25, -0.2) is 0 Å². The zero-order valence-corrected chi connectivity index (χ0v) is 12.0. The molecule has 2 aromatic rings. The maximum atomic E-state index is 10.3. The third-order valence-corrected chi connectivity index (χ3v) is 4.35. The van der Waals surface area contributed by atoms with Crippen LogP contribution >= 0.6 is 0 Å². The summed E-state index contributed by atoms with van der Waals surface area (Å²) < 4.78 is 1.82. The van der Waals surface area contributed by atoms with Gasteiger partial charge >= 0.3 is 0 Å². The van der Waals surface area contributed by atoms with Crippen LogP contribution in [-0.4, -0.2) is 21.9 Å². The quantitative estimate of drug-likeness (QED) is 0.649. The zero-order valence-electron chi connectivity index (χ0n) is 12.0. The molecule has 0 spiro atoms. The van der Waals surface area contributed by atoms with Crippen LogP contribution in [0.1, 0.15) is 44.1 Å². The van der Waals surface area contributed by atoms with Crippen LogP contribution in [0.15, 0.2) is 29.3 Å². The molecule has 0 bridgehead atoms. The van der Waals surface area contributed by atoms with Crippen molar-refractivity contribution >= 4 is 17.1 Å².